The van der Waals surface area contributed by atoms with E-state index in [0.29, 0.717) is 17.8 Å². The van der Waals surface area contributed by atoms with E-state index in [9.17, 15) is 13.2 Å². The number of carbonyl (C=O) groups excluding carboxylic acids is 1. The van der Waals surface area contributed by atoms with Crippen LogP contribution in [-0.2, 0) is 28.0 Å². The minimum atomic E-state index is -4.02. The lowest BCUT2D eigenvalue weighted by Crippen LogP contribution is -2.35. The molecule has 1 aromatic heterocycles. The molecule has 148 valence electrons. The van der Waals surface area contributed by atoms with Crippen molar-refractivity contribution in [3.8, 4) is 0 Å². The van der Waals surface area contributed by atoms with Crippen molar-refractivity contribution in [3.63, 3.8) is 0 Å². The summed E-state index contributed by atoms with van der Waals surface area (Å²) >= 11 is 0. The van der Waals surface area contributed by atoms with Gasteiger partial charge in [-0.15, -0.1) is 4.40 Å². The summed E-state index contributed by atoms with van der Waals surface area (Å²) in [5.74, 6) is -0.525. The van der Waals surface area contributed by atoms with Crippen LogP contribution in [0.1, 0.15) is 30.7 Å². The minimum Gasteiger partial charge on any atom is -0.321 e. The van der Waals surface area contributed by atoms with Crippen LogP contribution in [0.4, 0.5) is 5.69 Å². The molecule has 0 saturated carbocycles. The van der Waals surface area contributed by atoms with Crippen LogP contribution in [0.2, 0.25) is 0 Å². The normalized spacial score (nSPS) is 15.8. The van der Waals surface area contributed by atoms with Crippen LogP contribution in [0.5, 0.6) is 0 Å². The van der Waals surface area contributed by atoms with Gasteiger partial charge in [0.05, 0.1) is 11.9 Å². The second-order valence-electron chi connectivity index (χ2n) is 6.42. The van der Waals surface area contributed by atoms with Crippen LogP contribution in [0, 0.1) is 6.92 Å². The van der Waals surface area contributed by atoms with Crippen LogP contribution in [0.15, 0.2) is 46.6 Å². The van der Waals surface area contributed by atoms with E-state index < -0.39 is 16.1 Å². The minimum absolute atomic E-state index is 0.00628. The summed E-state index contributed by atoms with van der Waals surface area (Å²) in [6.45, 7) is 6.47. The maximum absolute atomic E-state index is 12.8. The number of likely N-dealkylation sites (N-methyl/N-ethyl adjacent to an activating group) is 1. The Morgan fingerprint density at radius 2 is 1.86 bits per heavy atom. The summed E-state index contributed by atoms with van der Waals surface area (Å²) < 4.78 is 31.5. The fourth-order valence-corrected chi connectivity index (χ4v) is 3.83. The molecule has 0 atom stereocenters. The highest BCUT2D eigenvalue weighted by atomic mass is 32.2. The molecule has 1 aliphatic heterocycles. The molecule has 0 spiro atoms. The van der Waals surface area contributed by atoms with E-state index >= 15 is 0 Å². The molecule has 1 amide bonds. The topological polar surface area (TPSA) is 96.7 Å². The van der Waals surface area contributed by atoms with Gasteiger partial charge in [-0.05, 0) is 44.0 Å². The van der Waals surface area contributed by atoms with Crippen LogP contribution in [0.25, 0.3) is 0 Å². The molecule has 8 nitrogen and oxygen atoms in total. The van der Waals surface area contributed by atoms with Gasteiger partial charge in [0.25, 0.3) is 5.91 Å². The monoisotopic (exact) mass is 401 g/mol. The molecule has 2 heterocycles. The highest BCUT2D eigenvalue weighted by Crippen LogP contribution is 2.22. The zero-order valence-corrected chi connectivity index (χ0v) is 17.1. The molecule has 0 saturated heterocycles. The predicted molar refractivity (Wildman–Crippen MR) is 108 cm³/mol. The van der Waals surface area contributed by atoms with Crippen molar-refractivity contribution >= 4 is 27.5 Å². The van der Waals surface area contributed by atoms with Crippen LogP contribution >= 0.6 is 0 Å². The Bertz CT molecular complexity index is 1070. The first-order valence-electron chi connectivity index (χ1n) is 9.00. The van der Waals surface area contributed by atoms with E-state index in [1.165, 1.54) is 13.1 Å². The van der Waals surface area contributed by atoms with E-state index in [-0.39, 0.29) is 11.4 Å². The molecule has 0 fully saturated rings. The number of allylic oxidation sites excluding steroid dienone is 1. The number of hydrogen-bond donors (Lipinski definition) is 1. The Morgan fingerprint density at radius 3 is 2.43 bits per heavy atom. The lowest BCUT2D eigenvalue weighted by Gasteiger charge is -2.23. The number of anilines is 1. The predicted octanol–water partition coefficient (Wildman–Crippen LogP) is 2.28. The summed E-state index contributed by atoms with van der Waals surface area (Å²) in [7, 11) is -2.71. The largest absolute Gasteiger partial charge is 0.345 e. The molecule has 9 heteroatoms. The zero-order valence-electron chi connectivity index (χ0n) is 16.3. The number of nitrogens with one attached hydrogen (secondary N) is 1. The Hall–Kier alpha value is -2.94. The van der Waals surface area contributed by atoms with Gasteiger partial charge in [0, 0.05) is 30.5 Å². The smallest absolute Gasteiger partial charge is 0.321 e. The van der Waals surface area contributed by atoms with Crippen molar-refractivity contribution in [2.45, 2.75) is 33.7 Å². The van der Waals surface area contributed by atoms with Crippen molar-refractivity contribution in [3.05, 3.63) is 59.1 Å². The summed E-state index contributed by atoms with van der Waals surface area (Å²) in [6, 6.07) is 7.42. The lowest BCUT2D eigenvalue weighted by atomic mass is 10.1. The quantitative estimate of drug-likeness (QED) is 0.831. The molecule has 28 heavy (non-hydrogen) atoms. The third-order valence-corrected chi connectivity index (χ3v) is 6.02. The third-order valence-electron chi connectivity index (χ3n) is 4.70. The maximum Gasteiger partial charge on any atom is 0.345 e. The van der Waals surface area contributed by atoms with Gasteiger partial charge in [0.2, 0.25) is 0 Å². The highest BCUT2D eigenvalue weighted by Gasteiger charge is 2.31. The summed E-state index contributed by atoms with van der Waals surface area (Å²) in [4.78, 5) is 12.8. The second-order valence-corrected chi connectivity index (χ2v) is 8.04. The van der Waals surface area contributed by atoms with E-state index in [0.717, 1.165) is 22.0 Å². The van der Waals surface area contributed by atoms with Crippen LogP contribution < -0.4 is 5.32 Å². The first-order valence-corrected chi connectivity index (χ1v) is 10.4. The molecule has 1 N–H and O–H groups in total. The Balaban J connectivity index is 1.95. The van der Waals surface area contributed by atoms with Gasteiger partial charge in [-0.25, -0.2) is 4.31 Å². The molecule has 1 aromatic carbocycles. The molecule has 0 radical (unpaired) electrons. The van der Waals surface area contributed by atoms with Crippen molar-refractivity contribution < 1.29 is 13.2 Å². The third kappa shape index (κ3) is 3.70. The number of hydrogen-bond acceptors (Lipinski definition) is 4. The number of rotatable bonds is 5. The summed E-state index contributed by atoms with van der Waals surface area (Å²) in [5.41, 5.74) is 3.29. The number of carbonyl (C=O) groups is 1. The number of aryl methyl sites for hydroxylation is 2. The number of aromatic nitrogens is 2. The second kappa shape index (κ2) is 7.59. The Kier molecular flexibility index (Phi) is 5.37. The fraction of sp³-hybridized carbons (Fsp3) is 0.316. The Labute approximate surface area is 164 Å². The van der Waals surface area contributed by atoms with Crippen molar-refractivity contribution in [1.29, 1.82) is 0 Å². The van der Waals surface area contributed by atoms with Crippen molar-refractivity contribution in [2.24, 2.45) is 4.40 Å². The molecule has 3 rings (SSSR count). The fourth-order valence-electron chi connectivity index (χ4n) is 2.93. The molecular weight excluding hydrogens is 378 g/mol. The van der Waals surface area contributed by atoms with Gasteiger partial charge in [-0.1, -0.05) is 19.1 Å². The average Bonchev–Trinajstić information content (AvgIpc) is 3.04. The SMILES string of the molecule is CCc1ccc(NC(=O)C2=CC(c3cnn(CC)c3C)=NS(=O)(=O)N2C)cc1. The first-order chi connectivity index (χ1) is 13.3. The molecule has 1 aliphatic rings. The zero-order chi connectivity index (χ0) is 20.5. The van der Waals surface area contributed by atoms with Gasteiger partial charge in [0.15, 0.2) is 0 Å². The lowest BCUT2D eigenvalue weighted by molar-refractivity contribution is -0.113. The van der Waals surface area contributed by atoms with Crippen LogP contribution in [0.3, 0.4) is 0 Å². The van der Waals surface area contributed by atoms with E-state index in [2.05, 4.69) is 14.8 Å². The maximum atomic E-state index is 12.8. The van der Waals surface area contributed by atoms with Crippen molar-refractivity contribution in [1.82, 2.24) is 14.1 Å². The number of benzene rings is 1. The molecule has 0 bridgehead atoms. The molecular formula is C19H23N5O3S. The molecule has 2 aromatic rings. The van der Waals surface area contributed by atoms with Crippen LogP contribution in [-0.4, -0.2) is 41.2 Å². The van der Waals surface area contributed by atoms with Crippen molar-refractivity contribution in [2.75, 3.05) is 12.4 Å². The number of amides is 1. The number of nitrogens with zero attached hydrogens (tertiary/aromatic N) is 4. The molecule has 0 unspecified atom stereocenters. The highest BCUT2D eigenvalue weighted by molar-refractivity contribution is 7.88. The van der Waals surface area contributed by atoms with Gasteiger partial charge < -0.3 is 5.32 Å². The van der Waals surface area contributed by atoms with E-state index in [4.69, 9.17) is 0 Å². The van der Waals surface area contributed by atoms with Gasteiger partial charge in [-0.2, -0.15) is 13.5 Å². The Morgan fingerprint density at radius 1 is 1.18 bits per heavy atom. The van der Waals surface area contributed by atoms with Gasteiger partial charge >= 0.3 is 10.2 Å². The summed E-state index contributed by atoms with van der Waals surface area (Å²) in [6.07, 6.45) is 3.93. The molecule has 0 aliphatic carbocycles. The standard InChI is InChI=1S/C19H23N5O3S/c1-5-14-7-9-15(10-8-14)21-19(25)18-11-17(22-28(26,27)23(18)4)16-12-20-24(6-2)13(16)3/h7-12H,5-6H2,1-4H3,(H,21,25). The van der Waals surface area contributed by atoms with Gasteiger partial charge in [0.1, 0.15) is 5.70 Å². The van der Waals surface area contributed by atoms with E-state index in [1.807, 2.05) is 32.9 Å². The summed E-state index contributed by atoms with van der Waals surface area (Å²) in [5, 5.41) is 6.97. The first kappa shape index (κ1) is 19.8. The van der Waals surface area contributed by atoms with Gasteiger partial charge in [-0.3, -0.25) is 9.48 Å². The average molecular weight is 401 g/mol. The van der Waals surface area contributed by atoms with E-state index in [1.54, 1.807) is 23.0 Å².